The van der Waals surface area contributed by atoms with Crippen LogP contribution in [0.25, 0.3) is 0 Å². The summed E-state index contributed by atoms with van der Waals surface area (Å²) in [6.07, 6.45) is 6.52. The van der Waals surface area contributed by atoms with E-state index in [4.69, 9.17) is 17.3 Å². The molecule has 3 N–H and O–H groups in total. The van der Waals surface area contributed by atoms with Gasteiger partial charge in [-0.15, -0.1) is 0 Å². The molecule has 0 bridgehead atoms. The van der Waals surface area contributed by atoms with Crippen molar-refractivity contribution in [2.45, 2.75) is 77.1 Å². The zero-order valence-corrected chi connectivity index (χ0v) is 15.0. The van der Waals surface area contributed by atoms with E-state index in [1.54, 1.807) is 0 Å². The standard InChI is InChI=1S/C19H29ClFNO/c1-17-6-3-11(23)9-15(17)16(20)10-12-13(17)4-7-18(2)14(12)5-8-19(18,21)22/h11-14,23H,3-10,22H2,1-2H3/t11?,12-,13-,14+,17-,18+,19?/m1/s1. The fourth-order valence-corrected chi connectivity index (χ4v) is 7.20. The Morgan fingerprint density at radius 1 is 1.09 bits per heavy atom. The van der Waals surface area contributed by atoms with Gasteiger partial charge in [-0.05, 0) is 80.1 Å². The molecular formula is C19H29ClFNO. The third-order valence-corrected chi connectivity index (χ3v) is 8.66. The first kappa shape index (κ1) is 16.4. The van der Waals surface area contributed by atoms with E-state index < -0.39 is 11.2 Å². The third kappa shape index (κ3) is 2.05. The molecule has 0 heterocycles. The molecular weight excluding hydrogens is 313 g/mol. The number of hydrogen-bond donors (Lipinski definition) is 2. The maximum absolute atomic E-state index is 15.0. The minimum atomic E-state index is -1.53. The van der Waals surface area contributed by atoms with Crippen LogP contribution in [0.4, 0.5) is 4.39 Å². The second-order valence-electron chi connectivity index (χ2n) is 9.14. The summed E-state index contributed by atoms with van der Waals surface area (Å²) >= 11 is 6.72. The van der Waals surface area contributed by atoms with Crippen LogP contribution in [0.3, 0.4) is 0 Å². The lowest BCUT2D eigenvalue weighted by molar-refractivity contribution is -0.0868. The summed E-state index contributed by atoms with van der Waals surface area (Å²) in [6, 6.07) is 0. The zero-order valence-electron chi connectivity index (χ0n) is 14.2. The van der Waals surface area contributed by atoms with E-state index in [-0.39, 0.29) is 11.5 Å². The van der Waals surface area contributed by atoms with Gasteiger partial charge in [0.25, 0.3) is 0 Å². The van der Waals surface area contributed by atoms with Crippen LogP contribution in [-0.2, 0) is 0 Å². The lowest BCUT2D eigenvalue weighted by atomic mass is 9.47. The summed E-state index contributed by atoms with van der Waals surface area (Å²) in [5.41, 5.74) is 7.05. The molecule has 0 spiro atoms. The van der Waals surface area contributed by atoms with Gasteiger partial charge in [-0.1, -0.05) is 25.4 Å². The van der Waals surface area contributed by atoms with Crippen molar-refractivity contribution < 1.29 is 9.50 Å². The average Bonchev–Trinajstić information content (AvgIpc) is 2.72. The zero-order chi connectivity index (χ0) is 16.6. The summed E-state index contributed by atoms with van der Waals surface area (Å²) in [5.74, 6) is -0.163. The highest BCUT2D eigenvalue weighted by Gasteiger charge is 2.64. The number of rotatable bonds is 0. The molecule has 130 valence electrons. The van der Waals surface area contributed by atoms with Gasteiger partial charge < -0.3 is 5.11 Å². The molecule has 0 aromatic rings. The Kier molecular flexibility index (Phi) is 3.52. The largest absolute Gasteiger partial charge is 0.393 e. The summed E-state index contributed by atoms with van der Waals surface area (Å²) in [4.78, 5) is 0. The van der Waals surface area contributed by atoms with Crippen LogP contribution in [0.15, 0.2) is 10.6 Å². The number of nitrogens with two attached hydrogens (primary N) is 1. The van der Waals surface area contributed by atoms with Gasteiger partial charge in [0.05, 0.1) is 6.10 Å². The highest BCUT2D eigenvalue weighted by atomic mass is 35.5. The summed E-state index contributed by atoms with van der Waals surface area (Å²) in [6.45, 7) is 4.41. The van der Waals surface area contributed by atoms with Crippen LogP contribution < -0.4 is 5.73 Å². The second-order valence-corrected chi connectivity index (χ2v) is 9.59. The molecule has 4 aliphatic carbocycles. The molecule has 0 aromatic carbocycles. The molecule has 2 nitrogen and oxygen atoms in total. The van der Waals surface area contributed by atoms with Crippen molar-refractivity contribution in [2.24, 2.45) is 34.3 Å². The predicted octanol–water partition coefficient (Wildman–Crippen LogP) is 4.50. The third-order valence-electron chi connectivity index (χ3n) is 8.28. The van der Waals surface area contributed by atoms with Crippen molar-refractivity contribution in [1.82, 2.24) is 0 Å². The molecule has 0 amide bonds. The Morgan fingerprint density at radius 3 is 2.52 bits per heavy atom. The molecule has 0 radical (unpaired) electrons. The van der Waals surface area contributed by atoms with E-state index in [1.165, 1.54) is 5.57 Å². The van der Waals surface area contributed by atoms with Crippen LogP contribution >= 0.6 is 11.6 Å². The van der Waals surface area contributed by atoms with Crippen LogP contribution in [0.2, 0.25) is 0 Å². The Balaban J connectivity index is 1.73. The Morgan fingerprint density at radius 2 is 1.78 bits per heavy atom. The van der Waals surface area contributed by atoms with Gasteiger partial charge >= 0.3 is 0 Å². The molecule has 7 atom stereocenters. The van der Waals surface area contributed by atoms with Gasteiger partial charge in [0.15, 0.2) is 5.79 Å². The van der Waals surface area contributed by atoms with Crippen molar-refractivity contribution in [3.8, 4) is 0 Å². The molecule has 4 rings (SSSR count). The van der Waals surface area contributed by atoms with Gasteiger partial charge in [0.1, 0.15) is 0 Å². The van der Waals surface area contributed by atoms with E-state index >= 15 is 0 Å². The predicted molar refractivity (Wildman–Crippen MR) is 90.5 cm³/mol. The molecule has 23 heavy (non-hydrogen) atoms. The minimum absolute atomic E-state index is 0.0940. The first-order valence-electron chi connectivity index (χ1n) is 9.23. The monoisotopic (exact) mass is 341 g/mol. The van der Waals surface area contributed by atoms with E-state index in [1.807, 2.05) is 0 Å². The number of fused-ring (bicyclic) bond motifs is 5. The minimum Gasteiger partial charge on any atom is -0.393 e. The smallest absolute Gasteiger partial charge is 0.164 e. The number of alkyl halides is 1. The number of hydrogen-bond acceptors (Lipinski definition) is 2. The highest BCUT2D eigenvalue weighted by Crippen LogP contribution is 2.68. The fourth-order valence-electron chi connectivity index (χ4n) is 6.73. The molecule has 3 saturated carbocycles. The Hall–Kier alpha value is -0.120. The molecule has 0 aliphatic heterocycles. The average molecular weight is 342 g/mol. The van der Waals surface area contributed by atoms with Crippen LogP contribution in [0.5, 0.6) is 0 Å². The number of aliphatic hydroxyl groups excluding tert-OH is 1. The maximum Gasteiger partial charge on any atom is 0.164 e. The van der Waals surface area contributed by atoms with Crippen LogP contribution in [0, 0.1) is 28.6 Å². The molecule has 2 unspecified atom stereocenters. The van der Waals surface area contributed by atoms with E-state index in [0.29, 0.717) is 24.2 Å². The van der Waals surface area contributed by atoms with E-state index in [0.717, 1.165) is 50.0 Å². The molecule has 4 heteroatoms. The van der Waals surface area contributed by atoms with Crippen LogP contribution in [0.1, 0.15) is 65.2 Å². The maximum atomic E-state index is 15.0. The van der Waals surface area contributed by atoms with Crippen molar-refractivity contribution >= 4 is 11.6 Å². The molecule has 0 aromatic heterocycles. The quantitative estimate of drug-likeness (QED) is 0.637. The second kappa shape index (κ2) is 4.95. The molecule has 0 saturated heterocycles. The summed E-state index contributed by atoms with van der Waals surface area (Å²) in [5, 5.41) is 11.0. The number of aliphatic hydroxyl groups is 1. The normalized spacial score (nSPS) is 56.1. The lowest BCUT2D eigenvalue weighted by Gasteiger charge is -2.58. The van der Waals surface area contributed by atoms with Gasteiger partial charge in [-0.2, -0.15) is 0 Å². The van der Waals surface area contributed by atoms with Crippen molar-refractivity contribution in [1.29, 1.82) is 0 Å². The van der Waals surface area contributed by atoms with Gasteiger partial charge in [0.2, 0.25) is 0 Å². The molecule has 4 aliphatic rings. The van der Waals surface area contributed by atoms with Crippen molar-refractivity contribution in [3.63, 3.8) is 0 Å². The van der Waals surface area contributed by atoms with Gasteiger partial charge in [-0.3, -0.25) is 5.73 Å². The first-order chi connectivity index (χ1) is 10.7. The Labute approximate surface area is 143 Å². The Bertz CT molecular complexity index is 562. The summed E-state index contributed by atoms with van der Waals surface area (Å²) in [7, 11) is 0. The first-order valence-corrected chi connectivity index (χ1v) is 9.61. The fraction of sp³-hybridized carbons (Fsp3) is 0.895. The van der Waals surface area contributed by atoms with Crippen molar-refractivity contribution in [3.05, 3.63) is 10.6 Å². The van der Waals surface area contributed by atoms with Crippen molar-refractivity contribution in [2.75, 3.05) is 0 Å². The topological polar surface area (TPSA) is 46.2 Å². The van der Waals surface area contributed by atoms with E-state index in [9.17, 15) is 9.50 Å². The van der Waals surface area contributed by atoms with Gasteiger partial charge in [0, 0.05) is 10.4 Å². The number of allylic oxidation sites excluding steroid dienone is 1. The van der Waals surface area contributed by atoms with Gasteiger partial charge in [-0.25, -0.2) is 4.39 Å². The molecule has 3 fully saturated rings. The SMILES string of the molecule is C[C@]12CCC(O)CC1=C(Cl)C[C@@H]1[C@H]2CC[C@@]2(C)[C@H]1CCC2(N)F. The lowest BCUT2D eigenvalue weighted by Crippen LogP contribution is -2.56. The highest BCUT2D eigenvalue weighted by molar-refractivity contribution is 6.30. The van der Waals surface area contributed by atoms with E-state index in [2.05, 4.69) is 13.8 Å². The number of halogens is 2. The summed E-state index contributed by atoms with van der Waals surface area (Å²) < 4.78 is 15.0. The van der Waals surface area contributed by atoms with Crippen LogP contribution in [-0.4, -0.2) is 17.0 Å².